The second-order valence-corrected chi connectivity index (χ2v) is 9.71. The molecule has 1 aliphatic heterocycles. The summed E-state index contributed by atoms with van der Waals surface area (Å²) in [4.78, 5) is 27.0. The molecule has 2 fully saturated rings. The molecule has 7 nitrogen and oxygen atoms in total. The second kappa shape index (κ2) is 9.31. The van der Waals surface area contributed by atoms with Crippen LogP contribution in [0.1, 0.15) is 63.4 Å². The highest BCUT2D eigenvalue weighted by molar-refractivity contribution is 5.91. The Morgan fingerprint density at radius 1 is 1.12 bits per heavy atom. The standard InChI is InChI=1S/C26H33FN6O/c1-4-6-17(2)23-28-24(31-13-15-32(16-14-31)26(34)19-7-5-8-19)22-18(3)30-33(25(22)29-23)21-11-9-20(27)10-12-21/h9-12,17,19H,4-8,13-16H2,1-3H3. The van der Waals surface area contributed by atoms with E-state index in [0.717, 1.165) is 72.8 Å². The minimum absolute atomic E-state index is 0.214. The van der Waals surface area contributed by atoms with E-state index in [1.165, 1.54) is 18.6 Å². The number of hydrogen-bond donors (Lipinski definition) is 0. The van der Waals surface area contributed by atoms with E-state index in [0.29, 0.717) is 19.0 Å². The molecule has 8 heteroatoms. The maximum Gasteiger partial charge on any atom is 0.225 e. The number of fused-ring (bicyclic) bond motifs is 1. The van der Waals surface area contributed by atoms with Gasteiger partial charge in [0, 0.05) is 38.0 Å². The number of piperazine rings is 1. The molecule has 3 aromatic rings. The molecular formula is C26H33FN6O. The lowest BCUT2D eigenvalue weighted by atomic mass is 9.84. The summed E-state index contributed by atoms with van der Waals surface area (Å²) in [5.74, 6) is 2.18. The molecule has 0 bridgehead atoms. The Labute approximate surface area is 200 Å². The van der Waals surface area contributed by atoms with E-state index in [4.69, 9.17) is 15.1 Å². The van der Waals surface area contributed by atoms with Gasteiger partial charge in [0.1, 0.15) is 17.5 Å². The molecule has 0 spiro atoms. The number of aromatic nitrogens is 4. The van der Waals surface area contributed by atoms with Crippen molar-refractivity contribution >= 4 is 22.8 Å². The number of nitrogens with zero attached hydrogens (tertiary/aromatic N) is 6. The number of carbonyl (C=O) groups is 1. The van der Waals surface area contributed by atoms with Crippen molar-refractivity contribution in [2.45, 2.75) is 58.8 Å². The van der Waals surface area contributed by atoms with Crippen LogP contribution in [0.3, 0.4) is 0 Å². The van der Waals surface area contributed by atoms with Gasteiger partial charge in [-0.2, -0.15) is 5.10 Å². The van der Waals surface area contributed by atoms with Gasteiger partial charge in [0.05, 0.1) is 16.8 Å². The first kappa shape index (κ1) is 22.7. The van der Waals surface area contributed by atoms with E-state index >= 15 is 0 Å². The van der Waals surface area contributed by atoms with Crippen LogP contribution in [0.15, 0.2) is 24.3 Å². The van der Waals surface area contributed by atoms with Crippen LogP contribution >= 0.6 is 0 Å². The summed E-state index contributed by atoms with van der Waals surface area (Å²) in [6, 6.07) is 6.34. The average Bonchev–Trinajstić information content (AvgIpc) is 3.14. The normalized spacial score (nSPS) is 17.8. The summed E-state index contributed by atoms with van der Waals surface area (Å²) in [5.41, 5.74) is 2.37. The van der Waals surface area contributed by atoms with Gasteiger partial charge in [-0.05, 0) is 50.5 Å². The predicted octanol–water partition coefficient (Wildman–Crippen LogP) is 4.62. The largest absolute Gasteiger partial charge is 0.352 e. The van der Waals surface area contributed by atoms with Gasteiger partial charge >= 0.3 is 0 Å². The van der Waals surface area contributed by atoms with Gasteiger partial charge in [-0.1, -0.05) is 26.7 Å². The molecule has 5 rings (SSSR count). The fraction of sp³-hybridized carbons (Fsp3) is 0.538. The van der Waals surface area contributed by atoms with Gasteiger partial charge in [0.25, 0.3) is 0 Å². The molecule has 180 valence electrons. The lowest BCUT2D eigenvalue weighted by Gasteiger charge is -2.39. The van der Waals surface area contributed by atoms with Gasteiger partial charge < -0.3 is 9.80 Å². The first-order chi connectivity index (χ1) is 16.5. The molecule has 1 amide bonds. The van der Waals surface area contributed by atoms with E-state index < -0.39 is 0 Å². The maximum absolute atomic E-state index is 13.6. The summed E-state index contributed by atoms with van der Waals surface area (Å²) in [6.45, 7) is 9.22. The van der Waals surface area contributed by atoms with Crippen LogP contribution in [-0.4, -0.2) is 56.7 Å². The molecule has 1 aromatic carbocycles. The van der Waals surface area contributed by atoms with Crippen LogP contribution in [0.5, 0.6) is 0 Å². The second-order valence-electron chi connectivity index (χ2n) is 9.71. The van der Waals surface area contributed by atoms with Crippen LogP contribution in [0, 0.1) is 18.7 Å². The van der Waals surface area contributed by atoms with Crippen LogP contribution in [0.2, 0.25) is 0 Å². The van der Waals surface area contributed by atoms with Gasteiger partial charge in [0.2, 0.25) is 5.91 Å². The predicted molar refractivity (Wildman–Crippen MR) is 131 cm³/mol. The third kappa shape index (κ3) is 4.14. The number of anilines is 1. The third-order valence-electron chi connectivity index (χ3n) is 7.28. The summed E-state index contributed by atoms with van der Waals surface area (Å²) in [6.07, 6.45) is 5.29. The third-order valence-corrected chi connectivity index (χ3v) is 7.28. The molecule has 0 N–H and O–H groups in total. The molecule has 1 aliphatic carbocycles. The van der Waals surface area contributed by atoms with Crippen molar-refractivity contribution < 1.29 is 9.18 Å². The molecule has 34 heavy (non-hydrogen) atoms. The van der Waals surface area contributed by atoms with Crippen molar-refractivity contribution in [3.05, 3.63) is 41.6 Å². The van der Waals surface area contributed by atoms with Crippen molar-refractivity contribution in [1.29, 1.82) is 0 Å². The lowest BCUT2D eigenvalue weighted by molar-refractivity contribution is -0.138. The molecule has 2 aromatic heterocycles. The summed E-state index contributed by atoms with van der Waals surface area (Å²) >= 11 is 0. The first-order valence-electron chi connectivity index (χ1n) is 12.5. The van der Waals surface area contributed by atoms with E-state index in [-0.39, 0.29) is 17.7 Å². The number of hydrogen-bond acceptors (Lipinski definition) is 5. The molecule has 1 saturated heterocycles. The van der Waals surface area contributed by atoms with Crippen molar-refractivity contribution in [2.75, 3.05) is 31.1 Å². The number of carbonyl (C=O) groups excluding carboxylic acids is 1. The minimum atomic E-state index is -0.279. The molecule has 1 atom stereocenters. The minimum Gasteiger partial charge on any atom is -0.352 e. The highest BCUT2D eigenvalue weighted by atomic mass is 19.1. The van der Waals surface area contributed by atoms with E-state index in [2.05, 4.69) is 18.7 Å². The Kier molecular flexibility index (Phi) is 6.23. The Morgan fingerprint density at radius 2 is 1.82 bits per heavy atom. The van der Waals surface area contributed by atoms with Crippen LogP contribution < -0.4 is 4.90 Å². The van der Waals surface area contributed by atoms with E-state index in [1.54, 1.807) is 16.8 Å². The SMILES string of the molecule is CCCC(C)c1nc(N2CCN(C(=O)C3CCC3)CC2)c2c(C)nn(-c3ccc(F)cc3)c2n1. The Bertz CT molecular complexity index is 1180. The quantitative estimate of drug-likeness (QED) is 0.533. The molecule has 1 saturated carbocycles. The average molecular weight is 465 g/mol. The van der Waals surface area contributed by atoms with Crippen LogP contribution in [-0.2, 0) is 4.79 Å². The Morgan fingerprint density at radius 3 is 2.44 bits per heavy atom. The van der Waals surface area contributed by atoms with E-state index in [1.807, 2.05) is 11.8 Å². The van der Waals surface area contributed by atoms with Crippen molar-refractivity contribution in [3.63, 3.8) is 0 Å². The van der Waals surface area contributed by atoms with Crippen molar-refractivity contribution in [1.82, 2.24) is 24.6 Å². The maximum atomic E-state index is 13.6. The monoisotopic (exact) mass is 464 g/mol. The molecule has 1 unspecified atom stereocenters. The Hall–Kier alpha value is -3.03. The highest BCUT2D eigenvalue weighted by Gasteiger charge is 2.32. The van der Waals surface area contributed by atoms with Gasteiger partial charge in [-0.15, -0.1) is 0 Å². The number of benzene rings is 1. The Balaban J connectivity index is 1.52. The van der Waals surface area contributed by atoms with Crippen molar-refractivity contribution in [3.8, 4) is 5.69 Å². The first-order valence-corrected chi connectivity index (χ1v) is 12.5. The smallest absolute Gasteiger partial charge is 0.225 e. The summed E-state index contributed by atoms with van der Waals surface area (Å²) < 4.78 is 15.4. The van der Waals surface area contributed by atoms with Gasteiger partial charge in [-0.25, -0.2) is 19.0 Å². The van der Waals surface area contributed by atoms with Gasteiger partial charge in [0.15, 0.2) is 5.65 Å². The van der Waals surface area contributed by atoms with Gasteiger partial charge in [-0.3, -0.25) is 4.79 Å². The summed E-state index contributed by atoms with van der Waals surface area (Å²) in [7, 11) is 0. The van der Waals surface area contributed by atoms with Crippen LogP contribution in [0.25, 0.3) is 16.7 Å². The fourth-order valence-corrected chi connectivity index (χ4v) is 5.00. The molecule has 2 aliphatic rings. The summed E-state index contributed by atoms with van der Waals surface area (Å²) in [5, 5.41) is 5.70. The number of halogens is 1. The number of amides is 1. The lowest BCUT2D eigenvalue weighted by Crippen LogP contribution is -2.51. The molecule has 3 heterocycles. The zero-order valence-corrected chi connectivity index (χ0v) is 20.3. The molecular weight excluding hydrogens is 431 g/mol. The number of rotatable bonds is 6. The topological polar surface area (TPSA) is 67.2 Å². The highest BCUT2D eigenvalue weighted by Crippen LogP contribution is 2.33. The van der Waals surface area contributed by atoms with Crippen LogP contribution in [0.4, 0.5) is 10.2 Å². The van der Waals surface area contributed by atoms with Crippen molar-refractivity contribution in [2.24, 2.45) is 5.92 Å². The fourth-order valence-electron chi connectivity index (χ4n) is 5.00. The van der Waals surface area contributed by atoms with E-state index in [9.17, 15) is 9.18 Å². The zero-order valence-electron chi connectivity index (χ0n) is 20.3. The zero-order chi connectivity index (χ0) is 23.8. The number of aryl methyl sites for hydroxylation is 1. The molecule has 0 radical (unpaired) electrons.